The lowest BCUT2D eigenvalue weighted by Crippen LogP contribution is -2.46. The van der Waals surface area contributed by atoms with Gasteiger partial charge >= 0.3 is 5.97 Å². The molecule has 1 saturated heterocycles. The Kier molecular flexibility index (Phi) is 3.64. The Morgan fingerprint density at radius 3 is 2.38 bits per heavy atom. The fourth-order valence-corrected chi connectivity index (χ4v) is 3.22. The molecule has 1 aromatic carbocycles. The van der Waals surface area contributed by atoms with Gasteiger partial charge in [-0.25, -0.2) is 4.31 Å². The third kappa shape index (κ3) is 2.83. The standard InChI is InChI=1S/C10H9Cl2NO2S/c11-7-1-8(12)3-9(2-7)16-13-4-6(5-13)10(14)15/h1-3,6H,4-5H2,(H,14,15). The van der Waals surface area contributed by atoms with Gasteiger partial charge < -0.3 is 5.11 Å². The fourth-order valence-electron chi connectivity index (χ4n) is 1.40. The van der Waals surface area contributed by atoms with Crippen LogP contribution in [0.2, 0.25) is 10.0 Å². The first-order valence-corrected chi connectivity index (χ1v) is 6.19. The average molecular weight is 278 g/mol. The minimum Gasteiger partial charge on any atom is -0.481 e. The summed E-state index contributed by atoms with van der Waals surface area (Å²) >= 11 is 13.2. The maximum Gasteiger partial charge on any atom is 0.309 e. The van der Waals surface area contributed by atoms with Gasteiger partial charge in [-0.3, -0.25) is 4.79 Å². The summed E-state index contributed by atoms with van der Waals surface area (Å²) in [7, 11) is 0. The van der Waals surface area contributed by atoms with Gasteiger partial charge in [-0.15, -0.1) is 0 Å². The SMILES string of the molecule is O=C(O)C1CN(Sc2cc(Cl)cc(Cl)c2)C1. The molecule has 0 aliphatic carbocycles. The molecule has 3 nitrogen and oxygen atoms in total. The third-order valence-electron chi connectivity index (χ3n) is 2.27. The summed E-state index contributed by atoms with van der Waals surface area (Å²) in [6, 6.07) is 5.29. The summed E-state index contributed by atoms with van der Waals surface area (Å²) in [5, 5.41) is 9.90. The zero-order valence-corrected chi connectivity index (χ0v) is 10.5. The molecule has 0 radical (unpaired) electrons. The highest BCUT2D eigenvalue weighted by Crippen LogP contribution is 2.33. The van der Waals surface area contributed by atoms with E-state index in [0.717, 1.165) is 4.90 Å². The van der Waals surface area contributed by atoms with E-state index in [1.165, 1.54) is 11.9 Å². The second kappa shape index (κ2) is 4.84. The molecule has 1 aliphatic heterocycles. The average Bonchev–Trinajstić information content (AvgIpc) is 2.08. The van der Waals surface area contributed by atoms with Crippen molar-refractivity contribution >= 4 is 41.1 Å². The van der Waals surface area contributed by atoms with Crippen LogP contribution in [-0.2, 0) is 4.79 Å². The van der Waals surface area contributed by atoms with Crippen molar-refractivity contribution in [2.75, 3.05) is 13.1 Å². The predicted octanol–water partition coefficient (Wildman–Crippen LogP) is 3.02. The normalized spacial score (nSPS) is 17.1. The number of aliphatic carboxylic acids is 1. The van der Waals surface area contributed by atoms with E-state index in [1.54, 1.807) is 6.07 Å². The van der Waals surface area contributed by atoms with E-state index in [0.29, 0.717) is 23.1 Å². The first kappa shape index (κ1) is 12.0. The fraction of sp³-hybridized carbons (Fsp3) is 0.300. The van der Waals surface area contributed by atoms with Gasteiger partial charge in [0.25, 0.3) is 0 Å². The molecule has 16 heavy (non-hydrogen) atoms. The molecule has 1 N–H and O–H groups in total. The van der Waals surface area contributed by atoms with Gasteiger partial charge in [0, 0.05) is 28.0 Å². The number of hydrogen-bond donors (Lipinski definition) is 1. The van der Waals surface area contributed by atoms with Gasteiger partial charge in [0.15, 0.2) is 0 Å². The van der Waals surface area contributed by atoms with E-state index >= 15 is 0 Å². The summed E-state index contributed by atoms with van der Waals surface area (Å²) in [6.07, 6.45) is 0. The molecule has 2 rings (SSSR count). The quantitative estimate of drug-likeness (QED) is 0.863. The topological polar surface area (TPSA) is 40.5 Å². The molecule has 0 atom stereocenters. The highest BCUT2D eigenvalue weighted by molar-refractivity contribution is 7.97. The molecule has 86 valence electrons. The number of nitrogens with zero attached hydrogens (tertiary/aromatic N) is 1. The minimum absolute atomic E-state index is 0.248. The van der Waals surface area contributed by atoms with Crippen LogP contribution >= 0.6 is 35.1 Å². The van der Waals surface area contributed by atoms with Gasteiger partial charge in [-0.05, 0) is 30.1 Å². The number of carboxylic acids is 1. The summed E-state index contributed by atoms with van der Waals surface area (Å²) in [5.41, 5.74) is 0. The van der Waals surface area contributed by atoms with Gasteiger partial charge in [0.1, 0.15) is 0 Å². The Hall–Kier alpha value is -0.420. The predicted molar refractivity (Wildman–Crippen MR) is 65.0 cm³/mol. The van der Waals surface area contributed by atoms with Gasteiger partial charge in [-0.1, -0.05) is 23.2 Å². The first-order valence-electron chi connectivity index (χ1n) is 4.66. The van der Waals surface area contributed by atoms with E-state index in [-0.39, 0.29) is 5.92 Å². The summed E-state index contributed by atoms with van der Waals surface area (Å²) in [5.74, 6) is -0.983. The van der Waals surface area contributed by atoms with Crippen molar-refractivity contribution in [3.8, 4) is 0 Å². The first-order chi connectivity index (χ1) is 7.54. The Morgan fingerprint density at radius 1 is 1.31 bits per heavy atom. The van der Waals surface area contributed by atoms with Gasteiger partial charge in [0.2, 0.25) is 0 Å². The molecule has 0 saturated carbocycles. The van der Waals surface area contributed by atoms with Crippen molar-refractivity contribution in [2.24, 2.45) is 5.92 Å². The molecule has 0 unspecified atom stereocenters. The zero-order valence-electron chi connectivity index (χ0n) is 8.19. The molecule has 0 amide bonds. The Labute approximate surface area is 107 Å². The van der Waals surface area contributed by atoms with Crippen molar-refractivity contribution in [2.45, 2.75) is 4.90 Å². The third-order valence-corrected chi connectivity index (χ3v) is 3.71. The highest BCUT2D eigenvalue weighted by atomic mass is 35.5. The summed E-state index contributed by atoms with van der Waals surface area (Å²) in [6.45, 7) is 1.12. The second-order valence-electron chi connectivity index (χ2n) is 3.58. The molecule has 1 heterocycles. The number of halogens is 2. The lowest BCUT2D eigenvalue weighted by Gasteiger charge is -2.35. The van der Waals surface area contributed by atoms with E-state index in [2.05, 4.69) is 0 Å². The van der Waals surface area contributed by atoms with E-state index in [4.69, 9.17) is 28.3 Å². The van der Waals surface area contributed by atoms with E-state index < -0.39 is 5.97 Å². The van der Waals surface area contributed by atoms with Crippen LogP contribution in [0.25, 0.3) is 0 Å². The minimum atomic E-state index is -0.735. The smallest absolute Gasteiger partial charge is 0.309 e. The van der Waals surface area contributed by atoms with Crippen LogP contribution in [-0.4, -0.2) is 28.5 Å². The molecule has 1 aromatic rings. The second-order valence-corrected chi connectivity index (χ2v) is 5.62. The van der Waals surface area contributed by atoms with Crippen LogP contribution in [0.5, 0.6) is 0 Å². The van der Waals surface area contributed by atoms with Crippen LogP contribution in [0.1, 0.15) is 0 Å². The summed E-state index contributed by atoms with van der Waals surface area (Å²) < 4.78 is 1.97. The van der Waals surface area contributed by atoms with Gasteiger partial charge in [-0.2, -0.15) is 0 Å². The Morgan fingerprint density at radius 2 is 1.88 bits per heavy atom. The molecule has 1 aliphatic rings. The molecular formula is C10H9Cl2NO2S. The van der Waals surface area contributed by atoms with Crippen LogP contribution in [0.4, 0.5) is 0 Å². The number of hydrogen-bond acceptors (Lipinski definition) is 3. The molecule has 0 spiro atoms. The van der Waals surface area contributed by atoms with Crippen LogP contribution in [0.15, 0.2) is 23.1 Å². The number of carbonyl (C=O) groups is 1. The number of benzene rings is 1. The van der Waals surface area contributed by atoms with Crippen molar-refractivity contribution in [1.82, 2.24) is 4.31 Å². The molecule has 0 aromatic heterocycles. The van der Waals surface area contributed by atoms with Crippen LogP contribution in [0, 0.1) is 5.92 Å². The van der Waals surface area contributed by atoms with Crippen molar-refractivity contribution in [3.63, 3.8) is 0 Å². The maximum atomic E-state index is 10.6. The van der Waals surface area contributed by atoms with Crippen LogP contribution < -0.4 is 0 Å². The Balaban J connectivity index is 1.94. The van der Waals surface area contributed by atoms with E-state index in [9.17, 15) is 4.79 Å². The lowest BCUT2D eigenvalue weighted by atomic mass is 10.0. The lowest BCUT2D eigenvalue weighted by molar-refractivity contribution is -0.145. The molecule has 6 heteroatoms. The molecular weight excluding hydrogens is 269 g/mol. The van der Waals surface area contributed by atoms with Crippen LogP contribution in [0.3, 0.4) is 0 Å². The van der Waals surface area contributed by atoms with Crippen molar-refractivity contribution in [1.29, 1.82) is 0 Å². The zero-order chi connectivity index (χ0) is 11.7. The largest absolute Gasteiger partial charge is 0.481 e. The van der Waals surface area contributed by atoms with E-state index in [1.807, 2.05) is 16.4 Å². The van der Waals surface area contributed by atoms with Crippen molar-refractivity contribution < 1.29 is 9.90 Å². The van der Waals surface area contributed by atoms with Gasteiger partial charge in [0.05, 0.1) is 5.92 Å². The molecule has 0 bridgehead atoms. The Bertz CT molecular complexity index is 401. The number of carboxylic acid groups (broad SMARTS) is 1. The summed E-state index contributed by atoms with van der Waals surface area (Å²) in [4.78, 5) is 11.5. The monoisotopic (exact) mass is 277 g/mol. The maximum absolute atomic E-state index is 10.6. The highest BCUT2D eigenvalue weighted by Gasteiger charge is 2.33. The van der Waals surface area contributed by atoms with Crippen molar-refractivity contribution in [3.05, 3.63) is 28.2 Å². The molecule has 1 fully saturated rings. The number of rotatable bonds is 3.